The van der Waals surface area contributed by atoms with Gasteiger partial charge in [-0.05, 0) is 0 Å². The molecule has 0 saturated heterocycles. The van der Waals surface area contributed by atoms with Crippen LogP contribution in [0, 0.1) is 0 Å². The molecule has 0 aromatic carbocycles. The smallest absolute Gasteiger partial charge is 0.373 e. The van der Waals surface area contributed by atoms with Crippen molar-refractivity contribution in [3.8, 4) is 0 Å². The second-order valence-corrected chi connectivity index (χ2v) is 8.28. The van der Waals surface area contributed by atoms with E-state index in [0.29, 0.717) is 6.08 Å². The van der Waals surface area contributed by atoms with Gasteiger partial charge in [-0.3, -0.25) is 0 Å². The molecule has 0 saturated carbocycles. The second kappa shape index (κ2) is 16.3. The topological polar surface area (TPSA) is 72.8 Å². The van der Waals surface area contributed by atoms with Gasteiger partial charge in [0.2, 0.25) is 5.76 Å². The van der Waals surface area contributed by atoms with Crippen molar-refractivity contribution in [3.05, 3.63) is 11.8 Å². The zero-order valence-corrected chi connectivity index (χ0v) is 15.8. The van der Waals surface area contributed by atoms with E-state index in [1.807, 2.05) is 0 Å². The number of aliphatic carboxylic acids is 1. The molecule has 6 heteroatoms. The fraction of sp³-hybridized carbons (Fsp3) is 0.714. The third-order valence-corrected chi connectivity index (χ3v) is 6.31. The molecule has 0 aliphatic rings. The number of rotatable bonds is 9. The number of esters is 1. The van der Waals surface area contributed by atoms with E-state index >= 15 is 0 Å². The van der Waals surface area contributed by atoms with Gasteiger partial charge in [0.15, 0.2) is 0 Å². The number of methoxy groups -OCH3 is 2. The molecule has 1 N–H and O–H groups in total. The Hall–Kier alpha value is -0.721. The van der Waals surface area contributed by atoms with Crippen LogP contribution < -0.4 is 0 Å². The van der Waals surface area contributed by atoms with E-state index < -0.39 is 11.9 Å². The fourth-order valence-electron chi connectivity index (χ4n) is 1.14. The SMILES string of the molecule is CCC[CH2][Sn][CH2]CCC.COC(=O)C(=CC(=O)O)OC. The summed E-state index contributed by atoms with van der Waals surface area (Å²) in [4.78, 5) is 20.6. The Morgan fingerprint density at radius 3 is 1.85 bits per heavy atom. The summed E-state index contributed by atoms with van der Waals surface area (Å²) in [5.41, 5.74) is 0. The normalized spacial score (nSPS) is 10.3. The first kappa shape index (κ1) is 21.6. The van der Waals surface area contributed by atoms with Gasteiger partial charge >= 0.3 is 81.5 Å². The quantitative estimate of drug-likeness (QED) is 0.215. The van der Waals surface area contributed by atoms with Gasteiger partial charge in [0.1, 0.15) is 0 Å². The molecular weight excluding hydrogens is 367 g/mol. The van der Waals surface area contributed by atoms with Crippen LogP contribution in [-0.4, -0.2) is 52.4 Å². The molecule has 0 fully saturated rings. The number of carbonyl (C=O) groups excluding carboxylic acids is 1. The molecule has 0 spiro atoms. The Bertz CT molecular complexity index is 283. The van der Waals surface area contributed by atoms with Crippen LogP contribution in [0.2, 0.25) is 8.87 Å². The number of ether oxygens (including phenoxy) is 2. The Kier molecular flexibility index (Phi) is 17.6. The standard InChI is InChI=1S/C6H8O5.2C4H9.Sn/c1-10-4(3-5(7)8)6(9)11-2;2*1-3-4-2;/h3H,1-2H3,(H,7,8);2*1,3-4H2,2H3;. The van der Waals surface area contributed by atoms with Crippen molar-refractivity contribution >= 4 is 33.1 Å². The molecule has 0 aliphatic heterocycles. The van der Waals surface area contributed by atoms with Crippen LogP contribution in [0.15, 0.2) is 11.8 Å². The van der Waals surface area contributed by atoms with Gasteiger partial charge in [-0.1, -0.05) is 0 Å². The predicted molar refractivity (Wildman–Crippen MR) is 79.9 cm³/mol. The van der Waals surface area contributed by atoms with Crippen molar-refractivity contribution in [1.82, 2.24) is 0 Å². The van der Waals surface area contributed by atoms with E-state index in [1.54, 1.807) is 8.87 Å². The molecule has 0 rings (SSSR count). The molecule has 116 valence electrons. The number of carboxylic acids is 1. The van der Waals surface area contributed by atoms with Gasteiger partial charge in [-0.2, -0.15) is 0 Å². The van der Waals surface area contributed by atoms with Gasteiger partial charge in [0, 0.05) is 0 Å². The van der Waals surface area contributed by atoms with Crippen molar-refractivity contribution in [2.24, 2.45) is 0 Å². The minimum absolute atomic E-state index is 0.149. The van der Waals surface area contributed by atoms with E-state index in [1.165, 1.54) is 32.8 Å². The molecule has 2 radical (unpaired) electrons. The minimum atomic E-state index is -1.26. The van der Waals surface area contributed by atoms with Gasteiger partial charge in [0.05, 0.1) is 20.3 Å². The van der Waals surface area contributed by atoms with E-state index in [0.717, 1.165) is 7.11 Å². The molecule has 0 heterocycles. The van der Waals surface area contributed by atoms with E-state index in [4.69, 9.17) is 5.11 Å². The van der Waals surface area contributed by atoms with Crippen LogP contribution in [-0.2, 0) is 19.1 Å². The number of hydrogen-bond donors (Lipinski definition) is 1. The summed E-state index contributed by atoms with van der Waals surface area (Å²) >= 11 is 0.149. The van der Waals surface area contributed by atoms with Crippen LogP contribution in [0.4, 0.5) is 0 Å². The summed E-state index contributed by atoms with van der Waals surface area (Å²) in [6.45, 7) is 4.58. The maximum Gasteiger partial charge on any atom is 0.373 e. The third kappa shape index (κ3) is 15.3. The molecule has 0 atom stereocenters. The summed E-state index contributed by atoms with van der Waals surface area (Å²) in [7, 11) is 2.32. The molecule has 0 aromatic heterocycles. The molecule has 0 unspecified atom stereocenters. The minimum Gasteiger partial charge on any atom is -0.490 e. The Morgan fingerprint density at radius 1 is 1.05 bits per heavy atom. The van der Waals surface area contributed by atoms with Crippen molar-refractivity contribution in [1.29, 1.82) is 0 Å². The van der Waals surface area contributed by atoms with Gasteiger partial charge in [-0.25, -0.2) is 9.59 Å². The first-order valence-corrected chi connectivity index (χ1v) is 10.8. The number of carbonyl (C=O) groups is 2. The summed E-state index contributed by atoms with van der Waals surface area (Å²) in [5, 5.41) is 8.20. The van der Waals surface area contributed by atoms with Crippen molar-refractivity contribution in [3.63, 3.8) is 0 Å². The summed E-state index contributed by atoms with van der Waals surface area (Å²) in [6.07, 6.45) is 6.47. The van der Waals surface area contributed by atoms with Crippen LogP contribution in [0.25, 0.3) is 0 Å². The Labute approximate surface area is 131 Å². The summed E-state index contributed by atoms with van der Waals surface area (Å²) < 4.78 is 11.9. The molecular formula is C14H26O5Sn. The van der Waals surface area contributed by atoms with Crippen molar-refractivity contribution in [2.45, 2.75) is 48.4 Å². The van der Waals surface area contributed by atoms with Gasteiger partial charge in [0.25, 0.3) is 0 Å². The monoisotopic (exact) mass is 394 g/mol. The second-order valence-electron chi connectivity index (χ2n) is 4.00. The van der Waals surface area contributed by atoms with Gasteiger partial charge < -0.3 is 14.6 Å². The molecule has 0 aromatic rings. The maximum atomic E-state index is 10.6. The van der Waals surface area contributed by atoms with Crippen molar-refractivity contribution < 1.29 is 24.2 Å². The largest absolute Gasteiger partial charge is 0.490 e. The fourth-order valence-corrected chi connectivity index (χ4v) is 5.30. The molecule has 5 nitrogen and oxygen atoms in total. The van der Waals surface area contributed by atoms with Gasteiger partial charge in [-0.15, -0.1) is 0 Å². The molecule has 0 bridgehead atoms. The molecule has 0 amide bonds. The molecule has 0 aliphatic carbocycles. The van der Waals surface area contributed by atoms with Crippen LogP contribution in [0.3, 0.4) is 0 Å². The zero-order valence-electron chi connectivity index (χ0n) is 12.9. The third-order valence-electron chi connectivity index (χ3n) is 2.28. The average Bonchev–Trinajstić information content (AvgIpc) is 2.44. The summed E-state index contributed by atoms with van der Waals surface area (Å²) in [6, 6.07) is 0. The first-order chi connectivity index (χ1) is 9.53. The van der Waals surface area contributed by atoms with Crippen LogP contribution in [0.5, 0.6) is 0 Å². The van der Waals surface area contributed by atoms with Crippen LogP contribution in [0.1, 0.15) is 39.5 Å². The zero-order chi connectivity index (χ0) is 15.8. The van der Waals surface area contributed by atoms with E-state index in [-0.39, 0.29) is 26.9 Å². The Morgan fingerprint density at radius 2 is 1.55 bits per heavy atom. The first-order valence-electron chi connectivity index (χ1n) is 6.81. The predicted octanol–water partition coefficient (Wildman–Crippen LogP) is 2.90. The number of unbranched alkanes of at least 4 members (excludes halogenated alkanes) is 2. The molecule has 20 heavy (non-hydrogen) atoms. The maximum absolute atomic E-state index is 10.6. The Balaban J connectivity index is 0. The van der Waals surface area contributed by atoms with Crippen molar-refractivity contribution in [2.75, 3.05) is 14.2 Å². The average molecular weight is 393 g/mol. The number of carboxylic acid groups (broad SMARTS) is 1. The van der Waals surface area contributed by atoms with E-state index in [2.05, 4.69) is 23.3 Å². The number of hydrogen-bond acceptors (Lipinski definition) is 4. The van der Waals surface area contributed by atoms with E-state index in [9.17, 15) is 9.59 Å². The summed E-state index contributed by atoms with van der Waals surface area (Å²) in [5.74, 6) is -2.40. The van der Waals surface area contributed by atoms with Crippen LogP contribution >= 0.6 is 0 Å².